The molecule has 2 N–H and O–H groups in total. The van der Waals surface area contributed by atoms with Gasteiger partial charge in [-0.25, -0.2) is 12.7 Å². The van der Waals surface area contributed by atoms with Crippen LogP contribution in [-0.4, -0.2) is 39.4 Å². The fraction of sp³-hybridized carbons (Fsp3) is 0.500. The van der Waals surface area contributed by atoms with Crippen molar-refractivity contribution in [1.82, 2.24) is 4.31 Å². The molecule has 7 heteroatoms. The van der Waals surface area contributed by atoms with Crippen LogP contribution in [0.2, 0.25) is 0 Å². The van der Waals surface area contributed by atoms with Gasteiger partial charge in [0.05, 0.1) is 12.0 Å². The van der Waals surface area contributed by atoms with E-state index in [9.17, 15) is 13.2 Å². The molecule has 0 aliphatic heterocycles. The van der Waals surface area contributed by atoms with Gasteiger partial charge in [-0.1, -0.05) is 0 Å². The monoisotopic (exact) mass is 314 g/mol. The summed E-state index contributed by atoms with van der Waals surface area (Å²) in [5.41, 5.74) is 7.62. The number of aryl methyl sites for hydroxylation is 1. The number of hydrogen-bond donors (Lipinski definition) is 1. The van der Waals surface area contributed by atoms with E-state index in [0.29, 0.717) is 17.7 Å². The topological polar surface area (TPSA) is 89.7 Å². The highest BCUT2D eigenvalue weighted by Gasteiger charge is 2.24. The van der Waals surface area contributed by atoms with E-state index >= 15 is 0 Å². The molecule has 0 saturated carbocycles. The lowest BCUT2D eigenvalue weighted by Crippen LogP contribution is -2.29. The Morgan fingerprint density at radius 2 is 1.95 bits per heavy atom. The molecular formula is C14H22N2O4S. The fourth-order valence-electron chi connectivity index (χ4n) is 1.96. The number of benzene rings is 1. The molecule has 0 amide bonds. The number of rotatable bonds is 6. The minimum atomic E-state index is -3.62. The Hall–Kier alpha value is -1.60. The lowest BCUT2D eigenvalue weighted by molar-refractivity contribution is -0.140. The second kappa shape index (κ2) is 6.91. The minimum Gasteiger partial charge on any atom is -0.469 e. The predicted molar refractivity (Wildman–Crippen MR) is 81.4 cm³/mol. The number of hydrogen-bond acceptors (Lipinski definition) is 5. The van der Waals surface area contributed by atoms with Crippen molar-refractivity contribution in [2.75, 3.05) is 26.4 Å². The zero-order valence-electron chi connectivity index (χ0n) is 12.8. The molecule has 0 spiro atoms. The normalized spacial score (nSPS) is 11.7. The van der Waals surface area contributed by atoms with Crippen molar-refractivity contribution < 1.29 is 17.9 Å². The van der Waals surface area contributed by atoms with E-state index in [1.54, 1.807) is 26.0 Å². The first kappa shape index (κ1) is 17.5. The number of anilines is 1. The average molecular weight is 314 g/mol. The van der Waals surface area contributed by atoms with Gasteiger partial charge in [-0.15, -0.1) is 0 Å². The first-order valence-electron chi connectivity index (χ1n) is 6.60. The van der Waals surface area contributed by atoms with E-state index in [1.165, 1.54) is 18.5 Å². The fourth-order valence-corrected chi connectivity index (χ4v) is 3.50. The van der Waals surface area contributed by atoms with E-state index in [2.05, 4.69) is 4.74 Å². The van der Waals surface area contributed by atoms with Crippen LogP contribution < -0.4 is 5.73 Å². The number of nitrogen functional groups attached to an aromatic ring is 1. The van der Waals surface area contributed by atoms with Crippen molar-refractivity contribution in [2.24, 2.45) is 0 Å². The molecule has 1 aromatic carbocycles. The maximum Gasteiger partial charge on any atom is 0.305 e. The van der Waals surface area contributed by atoms with Crippen LogP contribution in [0.4, 0.5) is 5.69 Å². The van der Waals surface area contributed by atoms with Crippen LogP contribution in [0.5, 0.6) is 0 Å². The molecule has 0 fully saturated rings. The van der Waals surface area contributed by atoms with Crippen LogP contribution in [0.1, 0.15) is 24.0 Å². The third kappa shape index (κ3) is 4.18. The third-order valence-electron chi connectivity index (χ3n) is 3.31. The molecule has 0 aliphatic rings. The molecular weight excluding hydrogens is 292 g/mol. The molecule has 0 heterocycles. The summed E-state index contributed by atoms with van der Waals surface area (Å²) in [6.45, 7) is 3.72. The van der Waals surface area contributed by atoms with Gasteiger partial charge in [-0.2, -0.15) is 0 Å². The maximum absolute atomic E-state index is 12.6. The number of esters is 1. The molecule has 0 atom stereocenters. The third-order valence-corrected chi connectivity index (χ3v) is 5.30. The molecule has 0 aromatic heterocycles. The van der Waals surface area contributed by atoms with Crippen LogP contribution in [0.3, 0.4) is 0 Å². The Morgan fingerprint density at radius 1 is 1.33 bits per heavy atom. The molecule has 6 nitrogen and oxygen atoms in total. The highest BCUT2D eigenvalue weighted by atomic mass is 32.2. The number of ether oxygens (including phenoxy) is 1. The quantitative estimate of drug-likeness (QED) is 0.634. The molecule has 0 aliphatic carbocycles. The predicted octanol–water partition coefficient (Wildman–Crippen LogP) is 1.46. The summed E-state index contributed by atoms with van der Waals surface area (Å²) in [5, 5.41) is 0. The largest absolute Gasteiger partial charge is 0.469 e. The average Bonchev–Trinajstić information content (AvgIpc) is 2.42. The lowest BCUT2D eigenvalue weighted by atomic mass is 10.1. The van der Waals surface area contributed by atoms with Crippen LogP contribution in [0, 0.1) is 13.8 Å². The van der Waals surface area contributed by atoms with E-state index < -0.39 is 10.0 Å². The second-order valence-corrected chi connectivity index (χ2v) is 7.00. The number of nitrogens with zero attached hydrogens (tertiary/aromatic N) is 1. The van der Waals surface area contributed by atoms with Crippen molar-refractivity contribution in [3.63, 3.8) is 0 Å². The first-order chi connectivity index (χ1) is 9.70. The highest BCUT2D eigenvalue weighted by molar-refractivity contribution is 7.89. The summed E-state index contributed by atoms with van der Waals surface area (Å²) >= 11 is 0. The first-order valence-corrected chi connectivity index (χ1v) is 8.04. The van der Waals surface area contributed by atoms with Gasteiger partial charge in [0.2, 0.25) is 10.0 Å². The van der Waals surface area contributed by atoms with Crippen LogP contribution in [0.15, 0.2) is 17.0 Å². The summed E-state index contributed by atoms with van der Waals surface area (Å²) in [7, 11) is -0.820. The van der Waals surface area contributed by atoms with Gasteiger partial charge in [-0.3, -0.25) is 4.79 Å². The number of carbonyl (C=O) groups is 1. The van der Waals surface area contributed by atoms with Crippen LogP contribution in [0.25, 0.3) is 0 Å². The number of nitrogens with two attached hydrogens (primary N) is 1. The SMILES string of the molecule is COC(=O)CCCN(C)S(=O)(=O)c1cc(C)cc(N)c1C. The van der Waals surface area contributed by atoms with Gasteiger partial charge in [0, 0.05) is 25.7 Å². The maximum atomic E-state index is 12.6. The van der Waals surface area contributed by atoms with Gasteiger partial charge >= 0.3 is 5.97 Å². The molecule has 0 radical (unpaired) electrons. The highest BCUT2D eigenvalue weighted by Crippen LogP contribution is 2.25. The smallest absolute Gasteiger partial charge is 0.305 e. The molecule has 1 rings (SSSR count). The molecule has 0 bridgehead atoms. The van der Waals surface area contributed by atoms with E-state index in [1.807, 2.05) is 0 Å². The number of sulfonamides is 1. The van der Waals surface area contributed by atoms with Crippen LogP contribution in [-0.2, 0) is 19.6 Å². The Labute approximate surface area is 125 Å². The van der Waals surface area contributed by atoms with Crippen molar-refractivity contribution in [2.45, 2.75) is 31.6 Å². The number of carbonyl (C=O) groups excluding carboxylic acids is 1. The van der Waals surface area contributed by atoms with E-state index in [0.717, 1.165) is 5.56 Å². The zero-order chi connectivity index (χ0) is 16.2. The second-order valence-electron chi connectivity index (χ2n) is 4.98. The van der Waals surface area contributed by atoms with Crippen molar-refractivity contribution in [3.05, 3.63) is 23.3 Å². The van der Waals surface area contributed by atoms with Gasteiger partial charge < -0.3 is 10.5 Å². The van der Waals surface area contributed by atoms with Gasteiger partial charge in [0.15, 0.2) is 0 Å². The summed E-state index contributed by atoms with van der Waals surface area (Å²) in [4.78, 5) is 11.3. The van der Waals surface area contributed by atoms with Gasteiger partial charge in [0.25, 0.3) is 0 Å². The van der Waals surface area contributed by atoms with E-state index in [4.69, 9.17) is 5.73 Å². The standard InChI is InChI=1S/C14H22N2O4S/c1-10-8-12(15)11(2)13(9-10)21(18,19)16(3)7-5-6-14(17)20-4/h8-9H,5-7,15H2,1-4H3. The summed E-state index contributed by atoms with van der Waals surface area (Å²) in [6.07, 6.45) is 0.591. The van der Waals surface area contributed by atoms with Crippen molar-refractivity contribution >= 4 is 21.7 Å². The number of methoxy groups -OCH3 is 1. The van der Waals surface area contributed by atoms with Crippen LogP contribution >= 0.6 is 0 Å². The molecule has 0 saturated heterocycles. The van der Waals surface area contributed by atoms with Gasteiger partial charge in [-0.05, 0) is 43.5 Å². The summed E-state index contributed by atoms with van der Waals surface area (Å²) in [5.74, 6) is -0.350. The zero-order valence-corrected chi connectivity index (χ0v) is 13.7. The molecule has 118 valence electrons. The Bertz CT molecular complexity index is 626. The molecule has 1 aromatic rings. The molecule has 0 unspecified atom stereocenters. The lowest BCUT2D eigenvalue weighted by Gasteiger charge is -2.19. The Balaban J connectivity index is 2.93. The molecule has 21 heavy (non-hydrogen) atoms. The summed E-state index contributed by atoms with van der Waals surface area (Å²) < 4.78 is 30.9. The summed E-state index contributed by atoms with van der Waals surface area (Å²) in [6, 6.07) is 3.35. The Kier molecular flexibility index (Phi) is 5.74. The van der Waals surface area contributed by atoms with Gasteiger partial charge in [0.1, 0.15) is 0 Å². The van der Waals surface area contributed by atoms with E-state index in [-0.39, 0.29) is 23.8 Å². The minimum absolute atomic E-state index is 0.186. The Morgan fingerprint density at radius 3 is 2.52 bits per heavy atom. The van der Waals surface area contributed by atoms with Crippen molar-refractivity contribution in [1.29, 1.82) is 0 Å². The van der Waals surface area contributed by atoms with Crippen molar-refractivity contribution in [3.8, 4) is 0 Å².